The molecule has 0 aliphatic rings. The molecule has 0 spiro atoms. The van der Waals surface area contributed by atoms with E-state index in [4.69, 9.17) is 9.47 Å². The van der Waals surface area contributed by atoms with E-state index < -0.39 is 69.6 Å². The van der Waals surface area contributed by atoms with Crippen molar-refractivity contribution >= 4 is 57.2 Å². The number of sulfonamides is 1. The van der Waals surface area contributed by atoms with Crippen LogP contribution in [0.25, 0.3) is 0 Å². The van der Waals surface area contributed by atoms with Crippen LogP contribution >= 0.6 is 0 Å². The van der Waals surface area contributed by atoms with E-state index in [0.29, 0.717) is 13.0 Å². The Morgan fingerprint density at radius 3 is 1.82 bits per heavy atom. The molecule has 7 N–H and O–H groups in total. The normalized spacial score (nSPS) is 12.2. The second-order valence-corrected chi connectivity index (χ2v) is 18.4. The summed E-state index contributed by atoms with van der Waals surface area (Å²) in [6.45, 7) is 2.84. The van der Waals surface area contributed by atoms with Gasteiger partial charge in [0.25, 0.3) is 0 Å². The van der Waals surface area contributed by atoms with Crippen LogP contribution in [-0.4, -0.2) is 138 Å². The minimum Gasteiger partial charge on any atom is -0.481 e. The Kier molecular flexibility index (Phi) is 34.2. The molecule has 0 fully saturated rings. The maximum absolute atomic E-state index is 12.6. The highest BCUT2D eigenvalue weighted by molar-refractivity contribution is 7.90. The molecule has 0 saturated carbocycles. The van der Waals surface area contributed by atoms with E-state index in [0.717, 1.165) is 57.2 Å². The number of aryl methyl sites for hydroxylation is 1. The van der Waals surface area contributed by atoms with Crippen LogP contribution in [0.3, 0.4) is 0 Å². The lowest BCUT2D eigenvalue weighted by atomic mass is 9.94. The van der Waals surface area contributed by atoms with E-state index in [1.165, 1.54) is 38.5 Å². The van der Waals surface area contributed by atoms with Gasteiger partial charge in [-0.05, 0) is 38.5 Å². The van der Waals surface area contributed by atoms with Crippen molar-refractivity contribution in [1.29, 1.82) is 0 Å². The molecule has 0 aliphatic carbocycles. The third kappa shape index (κ3) is 35.0. The standard InChI is InChI=1S/C44H76N8O14S/c1-2-26-45-40(56)25-22-36(54)33-66-30-29-65-28-27-46-39(55)24-20-34(43(59)60)32-35(53)21-23-37(44(61)62)47-41(57)19-16-31-67(63,64)50-42(58)18-15-13-11-9-7-5-3-4-6-8-10-12-14-17-38-48-51-52-49-38/h34,37H,2-33H2,1H3,(H,45,56)(H,46,55)(H,47,57)(H,50,58)(H,59,60)(H,61,62)(H,48,49,51,52)/t34-,37+/m1/s1. The van der Waals surface area contributed by atoms with Crippen LogP contribution in [0.1, 0.15) is 167 Å². The molecule has 0 bridgehead atoms. The van der Waals surface area contributed by atoms with Crippen LogP contribution in [0.5, 0.6) is 0 Å². The van der Waals surface area contributed by atoms with Gasteiger partial charge in [-0.25, -0.2) is 13.2 Å². The first-order chi connectivity index (χ1) is 32.1. The van der Waals surface area contributed by atoms with Gasteiger partial charge in [-0.1, -0.05) is 82.8 Å². The molecule has 382 valence electrons. The molecular formula is C44H76N8O14S. The third-order valence-corrected chi connectivity index (χ3v) is 11.9. The molecule has 22 nitrogen and oxygen atoms in total. The van der Waals surface area contributed by atoms with E-state index in [1.807, 2.05) is 11.6 Å². The van der Waals surface area contributed by atoms with Crippen molar-refractivity contribution < 1.29 is 66.5 Å². The Labute approximate surface area is 394 Å². The molecule has 0 aliphatic heterocycles. The third-order valence-electron chi connectivity index (χ3n) is 10.6. The Morgan fingerprint density at radius 1 is 0.612 bits per heavy atom. The van der Waals surface area contributed by atoms with Gasteiger partial charge < -0.3 is 35.6 Å². The zero-order valence-corrected chi connectivity index (χ0v) is 40.1. The van der Waals surface area contributed by atoms with Crippen molar-refractivity contribution in [3.8, 4) is 0 Å². The number of rotatable bonds is 45. The number of tetrazole rings is 1. The maximum Gasteiger partial charge on any atom is 0.326 e. The number of carbonyl (C=O) groups is 8. The van der Waals surface area contributed by atoms with Gasteiger partial charge in [-0.15, -0.1) is 10.2 Å². The van der Waals surface area contributed by atoms with Crippen molar-refractivity contribution in [2.24, 2.45) is 5.92 Å². The molecule has 1 heterocycles. The highest BCUT2D eigenvalue weighted by atomic mass is 32.2. The Bertz CT molecular complexity index is 1720. The van der Waals surface area contributed by atoms with E-state index >= 15 is 0 Å². The lowest BCUT2D eigenvalue weighted by Gasteiger charge is -2.15. The summed E-state index contributed by atoms with van der Waals surface area (Å²) >= 11 is 0. The van der Waals surface area contributed by atoms with Crippen LogP contribution < -0.4 is 20.7 Å². The first-order valence-electron chi connectivity index (χ1n) is 23.8. The van der Waals surface area contributed by atoms with E-state index in [1.54, 1.807) is 0 Å². The number of hydrogen-bond donors (Lipinski definition) is 7. The first-order valence-corrected chi connectivity index (χ1v) is 25.5. The molecule has 0 unspecified atom stereocenters. The minimum absolute atomic E-state index is 0.0578. The van der Waals surface area contributed by atoms with Crippen LogP contribution in [0.15, 0.2) is 0 Å². The average molecular weight is 973 g/mol. The molecular weight excluding hydrogens is 897 g/mol. The number of aromatic nitrogens is 4. The van der Waals surface area contributed by atoms with Crippen LogP contribution in [-0.2, 0) is 64.3 Å². The summed E-state index contributed by atoms with van der Waals surface area (Å²) in [4.78, 5) is 96.5. The second-order valence-electron chi connectivity index (χ2n) is 16.6. The summed E-state index contributed by atoms with van der Waals surface area (Å²) < 4.78 is 37.4. The van der Waals surface area contributed by atoms with Gasteiger partial charge in [0.15, 0.2) is 11.6 Å². The quantitative estimate of drug-likeness (QED) is 0.0461. The van der Waals surface area contributed by atoms with Crippen molar-refractivity contribution in [2.75, 3.05) is 45.3 Å². The van der Waals surface area contributed by atoms with Crippen molar-refractivity contribution in [1.82, 2.24) is 41.3 Å². The smallest absolute Gasteiger partial charge is 0.326 e. The number of Topliss-reactive ketones (excluding diaryl/α,β-unsaturated/α-hetero) is 2. The van der Waals surface area contributed by atoms with Crippen LogP contribution in [0.4, 0.5) is 0 Å². The van der Waals surface area contributed by atoms with Gasteiger partial charge in [-0.2, -0.15) is 5.21 Å². The van der Waals surface area contributed by atoms with E-state index in [2.05, 4.69) is 36.6 Å². The lowest BCUT2D eigenvalue weighted by molar-refractivity contribution is -0.145. The fourth-order valence-corrected chi connectivity index (χ4v) is 7.83. The average Bonchev–Trinajstić information content (AvgIpc) is 3.80. The SMILES string of the molecule is CCCNC(=O)CCC(=O)COCCOCCNC(=O)CC[C@H](CC(=O)CC[C@H](NC(=O)CCCS(=O)(=O)NC(=O)CCCCCCCCCCCCCCCc1nn[nH]n1)C(=O)O)C(=O)O. The summed E-state index contributed by atoms with van der Waals surface area (Å²) in [5, 5.41) is 40.6. The maximum atomic E-state index is 12.6. The molecule has 0 saturated heterocycles. The number of carbonyl (C=O) groups excluding carboxylic acids is 6. The van der Waals surface area contributed by atoms with Crippen LogP contribution in [0.2, 0.25) is 0 Å². The highest BCUT2D eigenvalue weighted by Gasteiger charge is 2.26. The fourth-order valence-electron chi connectivity index (χ4n) is 6.76. The van der Waals surface area contributed by atoms with E-state index in [-0.39, 0.29) is 102 Å². The predicted octanol–water partition coefficient (Wildman–Crippen LogP) is 3.24. The molecule has 2 atom stereocenters. The van der Waals surface area contributed by atoms with Gasteiger partial charge >= 0.3 is 11.9 Å². The number of aromatic amines is 1. The number of H-pyrrole nitrogens is 1. The van der Waals surface area contributed by atoms with Crippen molar-refractivity contribution in [3.63, 3.8) is 0 Å². The Hall–Kier alpha value is -4.90. The highest BCUT2D eigenvalue weighted by Crippen LogP contribution is 2.16. The summed E-state index contributed by atoms with van der Waals surface area (Å²) in [6.07, 6.45) is 13.8. The number of carboxylic acid groups (broad SMARTS) is 2. The Morgan fingerprint density at radius 2 is 1.21 bits per heavy atom. The van der Waals surface area contributed by atoms with Gasteiger partial charge in [0.2, 0.25) is 33.7 Å². The molecule has 1 rings (SSSR count). The molecule has 23 heteroatoms. The van der Waals surface area contributed by atoms with Gasteiger partial charge in [0.1, 0.15) is 18.4 Å². The largest absolute Gasteiger partial charge is 0.481 e. The van der Waals surface area contributed by atoms with Gasteiger partial charge in [0.05, 0.1) is 31.5 Å². The zero-order chi connectivity index (χ0) is 49.5. The molecule has 1 aromatic rings. The summed E-state index contributed by atoms with van der Waals surface area (Å²) in [7, 11) is -4.02. The van der Waals surface area contributed by atoms with Crippen LogP contribution in [0, 0.1) is 5.92 Å². The minimum atomic E-state index is -4.02. The number of ether oxygens (including phenoxy) is 2. The summed E-state index contributed by atoms with van der Waals surface area (Å²) in [5.74, 6) is -6.58. The molecule has 1 aromatic heterocycles. The molecule has 0 aromatic carbocycles. The predicted molar refractivity (Wildman–Crippen MR) is 245 cm³/mol. The molecule has 0 radical (unpaired) electrons. The number of ketones is 2. The first kappa shape index (κ1) is 60.1. The number of unbranched alkanes of at least 4 members (excludes halogenated alkanes) is 12. The molecule has 4 amide bonds. The number of nitrogens with one attached hydrogen (secondary N) is 5. The zero-order valence-electron chi connectivity index (χ0n) is 39.3. The lowest BCUT2D eigenvalue weighted by Crippen LogP contribution is -2.41. The number of hydrogen-bond acceptors (Lipinski definition) is 15. The monoisotopic (exact) mass is 973 g/mol. The van der Waals surface area contributed by atoms with Gasteiger partial charge in [-0.3, -0.25) is 38.3 Å². The fraction of sp³-hybridized carbons (Fsp3) is 0.795. The summed E-state index contributed by atoms with van der Waals surface area (Å²) in [5.41, 5.74) is 0. The number of amides is 4. The topological polar surface area (TPSA) is 332 Å². The van der Waals surface area contributed by atoms with E-state index in [9.17, 15) is 57.0 Å². The number of carboxylic acids is 2. The second kappa shape index (κ2) is 38.1. The van der Waals surface area contributed by atoms with Crippen molar-refractivity contribution in [3.05, 3.63) is 5.82 Å². The number of nitrogens with zero attached hydrogens (tertiary/aromatic N) is 3. The molecule has 67 heavy (non-hydrogen) atoms. The van der Waals surface area contributed by atoms with Crippen molar-refractivity contribution in [2.45, 2.75) is 173 Å². The Balaban J connectivity index is 2.15. The summed E-state index contributed by atoms with van der Waals surface area (Å²) in [6, 6.07) is -1.49. The number of aliphatic carboxylic acids is 2. The van der Waals surface area contributed by atoms with Gasteiger partial charge in [0, 0.05) is 64.5 Å².